The molecule has 2 aromatic rings. The molecule has 6 heteroatoms. The van der Waals surface area contributed by atoms with Crippen LogP contribution in [-0.4, -0.2) is 29.1 Å². The molecule has 0 saturated carbocycles. The highest BCUT2D eigenvalue weighted by Crippen LogP contribution is 2.21. The Hall–Kier alpha value is -2.31. The normalized spacial score (nSPS) is 9.96. The van der Waals surface area contributed by atoms with Crippen LogP contribution in [0, 0.1) is 0 Å². The second-order valence-corrected chi connectivity index (χ2v) is 5.20. The molecule has 2 aromatic carbocycles. The van der Waals surface area contributed by atoms with Gasteiger partial charge < -0.3 is 20.1 Å². The van der Waals surface area contributed by atoms with Gasteiger partial charge in [-0.3, -0.25) is 4.79 Å². The number of hydrogen-bond donors (Lipinski definition) is 3. The lowest BCUT2D eigenvalue weighted by Crippen LogP contribution is -2.30. The zero-order valence-corrected chi connectivity index (χ0v) is 12.5. The van der Waals surface area contributed by atoms with Gasteiger partial charge in [-0.25, -0.2) is 0 Å². The Morgan fingerprint density at radius 1 is 1.13 bits per heavy atom. The van der Waals surface area contributed by atoms with Crippen molar-refractivity contribution in [3.63, 3.8) is 0 Å². The van der Waals surface area contributed by atoms with E-state index in [1.807, 2.05) is 13.8 Å². The summed E-state index contributed by atoms with van der Waals surface area (Å²) in [5.41, 5.74) is 0.908. The highest BCUT2D eigenvalue weighted by molar-refractivity contribution is 6.58. The van der Waals surface area contributed by atoms with Gasteiger partial charge in [-0.15, -0.1) is 0 Å². The fourth-order valence-corrected chi connectivity index (χ4v) is 1.89. The predicted molar refractivity (Wildman–Crippen MR) is 94.2 cm³/mol. The molecule has 0 aliphatic heterocycles. The Morgan fingerprint density at radius 2 is 1.78 bits per heavy atom. The van der Waals surface area contributed by atoms with E-state index in [0.717, 1.165) is 0 Å². The molecular formula is C17H24BNO4. The first-order valence-corrected chi connectivity index (χ1v) is 7.00. The molecule has 1 amide bonds. The van der Waals surface area contributed by atoms with Gasteiger partial charge in [0, 0.05) is 13.0 Å². The third kappa shape index (κ3) is 5.43. The fraction of sp³-hybridized carbons (Fsp3) is 0.235. The Bertz CT molecular complexity index is 647. The summed E-state index contributed by atoms with van der Waals surface area (Å²) in [6.07, 6.45) is 0. The van der Waals surface area contributed by atoms with Crippen LogP contribution < -0.4 is 15.5 Å². The van der Waals surface area contributed by atoms with Gasteiger partial charge in [0.15, 0.2) is 0 Å². The lowest BCUT2D eigenvalue weighted by molar-refractivity contribution is 0.0943. The molecular weight excluding hydrogens is 293 g/mol. The lowest BCUT2D eigenvalue weighted by atomic mass is 9.80. The van der Waals surface area contributed by atoms with Crippen molar-refractivity contribution in [1.29, 1.82) is 0 Å². The van der Waals surface area contributed by atoms with Gasteiger partial charge >= 0.3 is 7.12 Å². The van der Waals surface area contributed by atoms with Crippen LogP contribution in [0.1, 0.15) is 33.1 Å². The predicted octanol–water partition coefficient (Wildman–Crippen LogP) is 2.18. The van der Waals surface area contributed by atoms with E-state index >= 15 is 0 Å². The summed E-state index contributed by atoms with van der Waals surface area (Å²) in [6, 6.07) is 13.3. The molecule has 124 valence electrons. The van der Waals surface area contributed by atoms with E-state index in [0.29, 0.717) is 22.5 Å². The van der Waals surface area contributed by atoms with Gasteiger partial charge in [-0.2, -0.15) is 0 Å². The molecule has 0 aromatic heterocycles. The number of nitrogens with one attached hydrogen (secondary N) is 1. The molecule has 0 aliphatic rings. The topological polar surface area (TPSA) is 78.8 Å². The SMILES string of the molecule is C.CC(C)NC(=O)c1cccc(Oc2ccc(B(O)O)cc2)c1.[HH]. The van der Waals surface area contributed by atoms with Crippen LogP contribution in [0.3, 0.4) is 0 Å². The largest absolute Gasteiger partial charge is 0.488 e. The monoisotopic (exact) mass is 317 g/mol. The number of rotatable bonds is 5. The minimum Gasteiger partial charge on any atom is -0.457 e. The van der Waals surface area contributed by atoms with Gasteiger partial charge in [0.1, 0.15) is 11.5 Å². The number of ether oxygens (including phenoxy) is 1. The standard InChI is InChI=1S/C16H18BNO4.CH4.H2/c1-11(2)18-16(19)12-4-3-5-15(10-12)22-14-8-6-13(7-9-14)17(20)21;;/h3-11,20-21H,1-2H3,(H,18,19);1H4;1H. The van der Waals surface area contributed by atoms with E-state index in [2.05, 4.69) is 5.32 Å². The summed E-state index contributed by atoms with van der Waals surface area (Å²) < 4.78 is 5.67. The van der Waals surface area contributed by atoms with E-state index in [9.17, 15) is 4.79 Å². The second kappa shape index (κ2) is 8.36. The summed E-state index contributed by atoms with van der Waals surface area (Å²) in [6.45, 7) is 3.80. The van der Waals surface area contributed by atoms with Crippen molar-refractivity contribution in [2.24, 2.45) is 0 Å². The van der Waals surface area contributed by atoms with Gasteiger partial charge in [-0.05, 0) is 49.6 Å². The van der Waals surface area contributed by atoms with E-state index < -0.39 is 7.12 Å². The lowest BCUT2D eigenvalue weighted by Gasteiger charge is -2.10. The number of benzene rings is 2. The highest BCUT2D eigenvalue weighted by Gasteiger charge is 2.11. The zero-order valence-electron chi connectivity index (χ0n) is 12.5. The van der Waals surface area contributed by atoms with Crippen LogP contribution in [-0.2, 0) is 0 Å². The third-order valence-corrected chi connectivity index (χ3v) is 2.93. The van der Waals surface area contributed by atoms with Crippen molar-refractivity contribution in [1.82, 2.24) is 5.32 Å². The first kappa shape index (κ1) is 18.7. The number of carbonyl (C=O) groups is 1. The molecule has 0 heterocycles. The van der Waals surface area contributed by atoms with Crippen molar-refractivity contribution in [2.75, 3.05) is 0 Å². The molecule has 0 fully saturated rings. The van der Waals surface area contributed by atoms with Crippen molar-refractivity contribution < 1.29 is 21.0 Å². The Balaban J connectivity index is 0.00000264. The minimum atomic E-state index is -1.50. The Labute approximate surface area is 138 Å². The molecule has 0 saturated heterocycles. The third-order valence-electron chi connectivity index (χ3n) is 2.93. The molecule has 23 heavy (non-hydrogen) atoms. The van der Waals surface area contributed by atoms with Gasteiger partial charge in [-0.1, -0.05) is 25.6 Å². The van der Waals surface area contributed by atoms with Crippen LogP contribution >= 0.6 is 0 Å². The maximum atomic E-state index is 12.0. The summed E-state index contributed by atoms with van der Waals surface area (Å²) >= 11 is 0. The van der Waals surface area contributed by atoms with Crippen LogP contribution in [0.2, 0.25) is 0 Å². The Kier molecular flexibility index (Phi) is 6.81. The molecule has 0 atom stereocenters. The first-order valence-electron chi connectivity index (χ1n) is 7.00. The van der Waals surface area contributed by atoms with Crippen LogP contribution in [0.4, 0.5) is 0 Å². The summed E-state index contributed by atoms with van der Waals surface area (Å²) in [5, 5.41) is 20.9. The Morgan fingerprint density at radius 3 is 2.35 bits per heavy atom. The minimum absolute atomic E-state index is 0. The van der Waals surface area contributed by atoms with E-state index in [4.69, 9.17) is 14.8 Å². The molecule has 5 nitrogen and oxygen atoms in total. The van der Waals surface area contributed by atoms with Crippen molar-refractivity contribution in [2.45, 2.75) is 27.3 Å². The first-order chi connectivity index (χ1) is 10.5. The average molecular weight is 317 g/mol. The van der Waals surface area contributed by atoms with E-state index in [1.54, 1.807) is 48.5 Å². The summed E-state index contributed by atoms with van der Waals surface area (Å²) in [5.74, 6) is 0.929. The quantitative estimate of drug-likeness (QED) is 0.739. The molecule has 0 spiro atoms. The van der Waals surface area contributed by atoms with E-state index in [1.165, 1.54) is 0 Å². The van der Waals surface area contributed by atoms with Crippen molar-refractivity contribution in [3.8, 4) is 11.5 Å². The molecule has 3 N–H and O–H groups in total. The molecule has 0 unspecified atom stereocenters. The number of carbonyl (C=O) groups excluding carboxylic acids is 1. The molecule has 0 bridgehead atoms. The smallest absolute Gasteiger partial charge is 0.457 e. The summed E-state index contributed by atoms with van der Waals surface area (Å²) in [7, 11) is -1.50. The van der Waals surface area contributed by atoms with Crippen LogP contribution in [0.15, 0.2) is 48.5 Å². The number of amides is 1. The van der Waals surface area contributed by atoms with Crippen LogP contribution in [0.25, 0.3) is 0 Å². The molecule has 0 aliphatic carbocycles. The van der Waals surface area contributed by atoms with Crippen molar-refractivity contribution in [3.05, 3.63) is 54.1 Å². The zero-order chi connectivity index (χ0) is 16.1. The molecule has 2 rings (SSSR count). The van der Waals surface area contributed by atoms with Gasteiger partial charge in [0.05, 0.1) is 0 Å². The van der Waals surface area contributed by atoms with Gasteiger partial charge in [0.25, 0.3) is 5.91 Å². The highest BCUT2D eigenvalue weighted by atomic mass is 16.5. The molecule has 0 radical (unpaired) electrons. The van der Waals surface area contributed by atoms with E-state index in [-0.39, 0.29) is 20.8 Å². The fourth-order valence-electron chi connectivity index (χ4n) is 1.89. The second-order valence-electron chi connectivity index (χ2n) is 5.20. The average Bonchev–Trinajstić information content (AvgIpc) is 2.47. The maximum Gasteiger partial charge on any atom is 0.488 e. The van der Waals surface area contributed by atoms with Crippen LogP contribution in [0.5, 0.6) is 11.5 Å². The van der Waals surface area contributed by atoms with Crippen molar-refractivity contribution >= 4 is 18.5 Å². The number of hydrogen-bond acceptors (Lipinski definition) is 4. The maximum absolute atomic E-state index is 12.0. The van der Waals surface area contributed by atoms with Gasteiger partial charge in [0.2, 0.25) is 0 Å². The summed E-state index contributed by atoms with van der Waals surface area (Å²) in [4.78, 5) is 12.0.